The van der Waals surface area contributed by atoms with E-state index < -0.39 is 0 Å². The number of carbonyl (C=O) groups excluding carboxylic acids is 2. The zero-order valence-corrected chi connectivity index (χ0v) is 28.4. The summed E-state index contributed by atoms with van der Waals surface area (Å²) >= 11 is 15.4. The summed E-state index contributed by atoms with van der Waals surface area (Å²) in [5.41, 5.74) is 5.05. The van der Waals surface area contributed by atoms with Crippen molar-refractivity contribution in [1.29, 1.82) is 0 Å². The summed E-state index contributed by atoms with van der Waals surface area (Å²) in [6.45, 7) is 3.34. The van der Waals surface area contributed by atoms with Crippen LogP contribution in [0.15, 0.2) is 33.3 Å². The van der Waals surface area contributed by atoms with Crippen LogP contribution < -0.4 is 4.72 Å². The van der Waals surface area contributed by atoms with Gasteiger partial charge in [0.15, 0.2) is 0 Å². The number of nitrogens with zero attached hydrogens (tertiary/aromatic N) is 4. The van der Waals surface area contributed by atoms with Crippen LogP contribution >= 0.6 is 55.6 Å². The van der Waals surface area contributed by atoms with Gasteiger partial charge in [0.05, 0.1) is 12.2 Å². The van der Waals surface area contributed by atoms with Crippen LogP contribution in [0.4, 0.5) is 0 Å². The van der Waals surface area contributed by atoms with Crippen LogP contribution in [-0.4, -0.2) is 77.7 Å². The van der Waals surface area contributed by atoms with Gasteiger partial charge in [-0.05, 0) is 115 Å². The molecule has 0 radical (unpaired) electrons. The molecule has 0 spiro atoms. The lowest BCUT2D eigenvalue weighted by atomic mass is 9.76. The molecule has 1 aromatic carbocycles. The number of carbonyl (C=O) groups is 2. The Balaban J connectivity index is 1.19. The molecule has 2 saturated heterocycles. The monoisotopic (exact) mass is 725 g/mol. The van der Waals surface area contributed by atoms with E-state index in [9.17, 15) is 9.59 Å². The van der Waals surface area contributed by atoms with Gasteiger partial charge in [0.1, 0.15) is 0 Å². The summed E-state index contributed by atoms with van der Waals surface area (Å²) in [6, 6.07) is 6.34. The lowest BCUT2D eigenvalue weighted by molar-refractivity contribution is -0.134. The second-order valence-electron chi connectivity index (χ2n) is 11.6. The lowest BCUT2D eigenvalue weighted by Gasteiger charge is -2.38. The number of aryl methyl sites for hydroxylation is 2. The summed E-state index contributed by atoms with van der Waals surface area (Å²) in [5.74, 6) is 1.30. The van der Waals surface area contributed by atoms with E-state index in [1.165, 1.54) is 28.8 Å². The van der Waals surface area contributed by atoms with E-state index in [1.54, 1.807) is 0 Å². The van der Waals surface area contributed by atoms with Gasteiger partial charge in [0, 0.05) is 70.8 Å². The zero-order chi connectivity index (χ0) is 29.1. The first-order valence-corrected chi connectivity index (χ1v) is 17.2. The van der Waals surface area contributed by atoms with Crippen LogP contribution in [0.25, 0.3) is 0 Å². The maximum atomic E-state index is 13.3. The molecule has 1 N–H and O–H groups in total. The molecule has 0 bridgehead atoms. The molecule has 1 aliphatic carbocycles. The van der Waals surface area contributed by atoms with Crippen molar-refractivity contribution < 1.29 is 9.59 Å². The lowest BCUT2D eigenvalue weighted by Crippen LogP contribution is -2.44. The van der Waals surface area contributed by atoms with Crippen LogP contribution in [0.2, 0.25) is 5.02 Å². The van der Waals surface area contributed by atoms with Gasteiger partial charge in [0.2, 0.25) is 11.8 Å². The van der Waals surface area contributed by atoms with Gasteiger partial charge in [-0.2, -0.15) is 0 Å². The molecule has 1 unspecified atom stereocenters. The molecule has 2 aliphatic heterocycles. The summed E-state index contributed by atoms with van der Waals surface area (Å²) in [7, 11) is 3.88. The molecule has 1 aromatic heterocycles. The molecule has 2 aromatic rings. The highest BCUT2D eigenvalue weighted by atomic mass is 79.9. The minimum absolute atomic E-state index is 0.128. The zero-order valence-electron chi connectivity index (χ0n) is 23.7. The Morgan fingerprint density at radius 2 is 1.66 bits per heavy atom. The predicted octanol–water partition coefficient (Wildman–Crippen LogP) is 6.07. The maximum absolute atomic E-state index is 13.3. The number of nitrogens with one attached hydrogen (secondary N) is 1. The number of benzene rings is 1. The average molecular weight is 728 g/mol. The first-order chi connectivity index (χ1) is 19.7. The average Bonchev–Trinajstić information content (AvgIpc) is 3.10. The minimum atomic E-state index is 0.128. The molecule has 3 heterocycles. The third kappa shape index (κ3) is 7.68. The molecule has 2 fully saturated rings. The van der Waals surface area contributed by atoms with E-state index >= 15 is 0 Å². The highest BCUT2D eigenvalue weighted by Gasteiger charge is 2.37. The van der Waals surface area contributed by atoms with Crippen molar-refractivity contribution in [1.82, 2.24) is 23.8 Å². The summed E-state index contributed by atoms with van der Waals surface area (Å²) in [6.07, 6.45) is 8.05. The predicted molar refractivity (Wildman–Crippen MR) is 173 cm³/mol. The third-order valence-electron chi connectivity index (χ3n) is 8.68. The molecule has 41 heavy (non-hydrogen) atoms. The van der Waals surface area contributed by atoms with Crippen LogP contribution in [0.3, 0.4) is 0 Å². The van der Waals surface area contributed by atoms with Crippen molar-refractivity contribution in [2.24, 2.45) is 11.8 Å². The number of likely N-dealkylation sites (tertiary alicyclic amines) is 2. The minimum Gasteiger partial charge on any atom is -0.343 e. The number of piperidine rings is 2. The first kappa shape index (κ1) is 31.3. The Bertz CT molecular complexity index is 1270. The fourth-order valence-electron chi connectivity index (χ4n) is 6.61. The quantitative estimate of drug-likeness (QED) is 0.350. The van der Waals surface area contributed by atoms with Crippen molar-refractivity contribution >= 4 is 67.4 Å². The number of rotatable bonds is 7. The Morgan fingerprint density at radius 3 is 2.37 bits per heavy atom. The largest absolute Gasteiger partial charge is 0.343 e. The molecule has 0 saturated carbocycles. The van der Waals surface area contributed by atoms with Crippen molar-refractivity contribution in [3.63, 3.8) is 0 Å². The van der Waals surface area contributed by atoms with E-state index in [1.807, 2.05) is 35.6 Å². The van der Waals surface area contributed by atoms with E-state index in [-0.39, 0.29) is 17.7 Å². The molecule has 5 rings (SSSR count). The fraction of sp³-hybridized carbons (Fsp3) is 0.567. The van der Waals surface area contributed by atoms with Gasteiger partial charge in [-0.25, -0.2) is 9.03 Å². The Morgan fingerprint density at radius 1 is 1.00 bits per heavy atom. The van der Waals surface area contributed by atoms with Gasteiger partial charge in [-0.3, -0.25) is 14.6 Å². The molecular formula is C30H38Br2ClN5O2S. The topological polar surface area (TPSA) is 68.8 Å². The maximum Gasteiger partial charge on any atom is 0.237 e. The van der Waals surface area contributed by atoms with E-state index in [2.05, 4.69) is 53.6 Å². The Kier molecular flexibility index (Phi) is 10.7. The molecule has 1 atom stereocenters. The molecule has 7 nitrogen and oxygen atoms in total. The van der Waals surface area contributed by atoms with Crippen molar-refractivity contribution in [3.8, 4) is 0 Å². The van der Waals surface area contributed by atoms with E-state index in [4.69, 9.17) is 16.6 Å². The van der Waals surface area contributed by atoms with Crippen LogP contribution in [0.1, 0.15) is 60.4 Å². The van der Waals surface area contributed by atoms with Gasteiger partial charge in [0.25, 0.3) is 0 Å². The highest BCUT2D eigenvalue weighted by molar-refractivity contribution is 9.10. The van der Waals surface area contributed by atoms with Gasteiger partial charge in [-0.1, -0.05) is 27.5 Å². The number of fused-ring (bicyclic) bond motifs is 2. The SMILES string of the molecule is CN(C)SNCC(=O)N1CCC(CC(=O)N2CCC(C3c4ncc(Br)cc4CCc4cc(Cl)cc(Br)c43)CC2)CC1. The molecule has 222 valence electrons. The van der Waals surface area contributed by atoms with Gasteiger partial charge >= 0.3 is 0 Å². The second kappa shape index (κ2) is 14.1. The van der Waals surface area contributed by atoms with Crippen LogP contribution in [0, 0.1) is 11.8 Å². The number of pyridine rings is 1. The van der Waals surface area contributed by atoms with Crippen LogP contribution in [-0.2, 0) is 22.4 Å². The smallest absolute Gasteiger partial charge is 0.237 e. The fourth-order valence-corrected chi connectivity index (χ4v) is 8.56. The number of aromatic nitrogens is 1. The molecule has 3 aliphatic rings. The molecule has 11 heteroatoms. The van der Waals surface area contributed by atoms with Crippen molar-refractivity contribution in [2.45, 2.75) is 50.9 Å². The molecule has 2 amide bonds. The first-order valence-electron chi connectivity index (χ1n) is 14.4. The number of amides is 2. The summed E-state index contributed by atoms with van der Waals surface area (Å²) < 4.78 is 7.08. The van der Waals surface area contributed by atoms with Gasteiger partial charge < -0.3 is 9.80 Å². The Labute approximate surface area is 269 Å². The molecular weight excluding hydrogens is 690 g/mol. The third-order valence-corrected chi connectivity index (χ3v) is 10.6. The number of hydrogen-bond donors (Lipinski definition) is 1. The van der Waals surface area contributed by atoms with Gasteiger partial charge in [-0.15, -0.1) is 0 Å². The standard InChI is InChI=1S/C30H38Br2ClN5O2S/c1-36(2)41-35-18-27(40)38-9-5-19(6-10-38)13-26(39)37-11-7-20(8-12-37)29-28-21(15-24(33)16-25(28)32)3-4-22-14-23(31)17-34-30(22)29/h14-17,19-20,29,35H,3-13,18H2,1-2H3. The second-order valence-corrected chi connectivity index (χ2v) is 15.0. The van der Waals surface area contributed by atoms with Crippen molar-refractivity contribution in [2.75, 3.05) is 46.8 Å². The van der Waals surface area contributed by atoms with Crippen molar-refractivity contribution in [3.05, 3.63) is 60.7 Å². The summed E-state index contributed by atoms with van der Waals surface area (Å²) in [4.78, 5) is 34.8. The van der Waals surface area contributed by atoms with E-state index in [0.717, 1.165) is 84.4 Å². The number of hydrogen-bond acceptors (Lipinski definition) is 6. The normalized spacial score (nSPS) is 20.1. The number of halogens is 3. The van der Waals surface area contributed by atoms with Crippen LogP contribution in [0.5, 0.6) is 0 Å². The highest BCUT2D eigenvalue weighted by Crippen LogP contribution is 2.46. The summed E-state index contributed by atoms with van der Waals surface area (Å²) in [5, 5.41) is 0.755. The Hall–Kier alpha value is -1.17. The van der Waals surface area contributed by atoms with E-state index in [0.29, 0.717) is 24.8 Å².